The third-order valence-corrected chi connectivity index (χ3v) is 2.62. The lowest BCUT2D eigenvalue weighted by Crippen LogP contribution is -2.12. The topological polar surface area (TPSA) is 54.0 Å². The van der Waals surface area contributed by atoms with Crippen molar-refractivity contribution in [1.82, 2.24) is 4.98 Å². The molecule has 0 radical (unpaired) electrons. The molecule has 0 saturated carbocycles. The van der Waals surface area contributed by atoms with Crippen LogP contribution in [0.1, 0.15) is 23.7 Å². The molecule has 4 heteroatoms. The molecule has 1 heterocycles. The summed E-state index contributed by atoms with van der Waals surface area (Å²) < 4.78 is 0. The molecule has 0 aliphatic carbocycles. The van der Waals surface area contributed by atoms with Gasteiger partial charge in [-0.05, 0) is 30.7 Å². The van der Waals surface area contributed by atoms with E-state index in [1.165, 1.54) is 0 Å². The van der Waals surface area contributed by atoms with Gasteiger partial charge in [-0.1, -0.05) is 25.1 Å². The lowest BCUT2D eigenvalue weighted by atomic mass is 10.2. The van der Waals surface area contributed by atoms with Crippen LogP contribution in [0.25, 0.3) is 0 Å². The van der Waals surface area contributed by atoms with Gasteiger partial charge in [-0.15, -0.1) is 0 Å². The van der Waals surface area contributed by atoms with Crippen LogP contribution in [0.4, 0.5) is 11.5 Å². The van der Waals surface area contributed by atoms with E-state index < -0.39 is 0 Å². The number of nitrogens with zero attached hydrogens (tertiary/aromatic N) is 1. The summed E-state index contributed by atoms with van der Waals surface area (Å²) in [6.45, 7) is 3.02. The predicted molar refractivity (Wildman–Crippen MR) is 77.4 cm³/mol. The first-order valence-corrected chi connectivity index (χ1v) is 6.36. The number of anilines is 2. The fourth-order valence-electron chi connectivity index (χ4n) is 1.62. The Morgan fingerprint density at radius 2 is 1.95 bits per heavy atom. The minimum atomic E-state index is -0.151. The summed E-state index contributed by atoms with van der Waals surface area (Å²) >= 11 is 0. The molecule has 2 aromatic rings. The van der Waals surface area contributed by atoms with Crippen LogP contribution in [0.2, 0.25) is 0 Å². The quantitative estimate of drug-likeness (QED) is 0.863. The molecule has 2 N–H and O–H groups in total. The summed E-state index contributed by atoms with van der Waals surface area (Å²) in [6, 6.07) is 12.8. The Balaban J connectivity index is 1.98. The summed E-state index contributed by atoms with van der Waals surface area (Å²) in [5.74, 6) is 0.401. The molecule has 0 saturated heterocycles. The lowest BCUT2D eigenvalue weighted by molar-refractivity contribution is 0.102. The van der Waals surface area contributed by atoms with Gasteiger partial charge >= 0.3 is 0 Å². The van der Waals surface area contributed by atoms with E-state index in [0.29, 0.717) is 11.4 Å². The Morgan fingerprint density at radius 3 is 2.58 bits per heavy atom. The molecule has 1 aromatic carbocycles. The van der Waals surface area contributed by atoms with Crippen molar-refractivity contribution >= 4 is 17.4 Å². The summed E-state index contributed by atoms with van der Waals surface area (Å²) in [5.41, 5.74) is 1.58. The fourth-order valence-corrected chi connectivity index (χ4v) is 1.62. The van der Waals surface area contributed by atoms with Gasteiger partial charge < -0.3 is 10.6 Å². The molecule has 0 bridgehead atoms. The number of hydrogen-bond acceptors (Lipinski definition) is 3. The highest BCUT2D eigenvalue weighted by Crippen LogP contribution is 2.11. The normalized spacial score (nSPS) is 9.95. The first-order valence-electron chi connectivity index (χ1n) is 6.36. The van der Waals surface area contributed by atoms with Gasteiger partial charge in [-0.2, -0.15) is 0 Å². The van der Waals surface area contributed by atoms with E-state index in [0.717, 1.165) is 18.7 Å². The van der Waals surface area contributed by atoms with Crippen LogP contribution in [0, 0.1) is 0 Å². The van der Waals surface area contributed by atoms with Gasteiger partial charge in [0.2, 0.25) is 0 Å². The van der Waals surface area contributed by atoms with Gasteiger partial charge in [0.05, 0.1) is 11.9 Å². The van der Waals surface area contributed by atoms with E-state index in [9.17, 15) is 4.79 Å². The van der Waals surface area contributed by atoms with Crippen molar-refractivity contribution in [2.24, 2.45) is 0 Å². The second-order valence-corrected chi connectivity index (χ2v) is 4.18. The molecule has 2 rings (SSSR count). The Morgan fingerprint density at radius 1 is 1.16 bits per heavy atom. The van der Waals surface area contributed by atoms with Crippen LogP contribution < -0.4 is 10.6 Å². The summed E-state index contributed by atoms with van der Waals surface area (Å²) in [6.07, 6.45) is 2.78. The molecule has 19 heavy (non-hydrogen) atoms. The number of carbonyl (C=O) groups excluding carboxylic acids is 1. The van der Waals surface area contributed by atoms with Crippen LogP contribution in [0.15, 0.2) is 48.7 Å². The van der Waals surface area contributed by atoms with Crippen LogP contribution in [-0.4, -0.2) is 17.4 Å². The summed E-state index contributed by atoms with van der Waals surface area (Å²) in [4.78, 5) is 16.1. The highest BCUT2D eigenvalue weighted by atomic mass is 16.1. The maximum atomic E-state index is 11.9. The second-order valence-electron chi connectivity index (χ2n) is 4.18. The molecule has 0 atom stereocenters. The minimum Gasteiger partial charge on any atom is -0.384 e. The summed E-state index contributed by atoms with van der Waals surface area (Å²) in [7, 11) is 0. The number of amides is 1. The third-order valence-electron chi connectivity index (χ3n) is 2.62. The second kappa shape index (κ2) is 6.54. The number of benzene rings is 1. The van der Waals surface area contributed by atoms with Gasteiger partial charge in [0.15, 0.2) is 0 Å². The predicted octanol–water partition coefficient (Wildman–Crippen LogP) is 3.16. The molecule has 4 nitrogen and oxygen atoms in total. The maximum Gasteiger partial charge on any atom is 0.256 e. The number of hydrogen-bond donors (Lipinski definition) is 2. The Bertz CT molecular complexity index is 523. The maximum absolute atomic E-state index is 11.9. The van der Waals surface area contributed by atoms with E-state index >= 15 is 0 Å². The molecule has 1 aromatic heterocycles. The molecule has 0 fully saturated rings. The largest absolute Gasteiger partial charge is 0.384 e. The number of pyridine rings is 1. The van der Waals surface area contributed by atoms with Crippen molar-refractivity contribution in [2.45, 2.75) is 13.3 Å². The average molecular weight is 255 g/mol. The van der Waals surface area contributed by atoms with Crippen molar-refractivity contribution in [2.75, 3.05) is 17.2 Å². The van der Waals surface area contributed by atoms with Crippen LogP contribution >= 0.6 is 0 Å². The van der Waals surface area contributed by atoms with Crippen LogP contribution in [-0.2, 0) is 0 Å². The molecule has 1 amide bonds. The van der Waals surface area contributed by atoms with Crippen LogP contribution in [0.3, 0.4) is 0 Å². The van der Waals surface area contributed by atoms with E-state index in [1.807, 2.05) is 24.3 Å². The monoisotopic (exact) mass is 255 g/mol. The molecule has 98 valence electrons. The molecule has 0 unspecified atom stereocenters. The number of aromatic nitrogens is 1. The molecule has 0 spiro atoms. The summed E-state index contributed by atoms with van der Waals surface area (Å²) in [5, 5.41) is 6.00. The Hall–Kier alpha value is -2.36. The number of rotatable bonds is 5. The van der Waals surface area contributed by atoms with E-state index in [2.05, 4.69) is 22.5 Å². The first kappa shape index (κ1) is 13.1. The molecular formula is C15H17N3O. The van der Waals surface area contributed by atoms with Crippen molar-refractivity contribution in [3.05, 3.63) is 54.2 Å². The van der Waals surface area contributed by atoms with Crippen molar-refractivity contribution in [3.63, 3.8) is 0 Å². The van der Waals surface area contributed by atoms with E-state index in [1.54, 1.807) is 24.4 Å². The zero-order valence-corrected chi connectivity index (χ0v) is 10.9. The van der Waals surface area contributed by atoms with E-state index in [-0.39, 0.29) is 5.91 Å². The van der Waals surface area contributed by atoms with Gasteiger partial charge in [0, 0.05) is 12.1 Å². The molecular weight excluding hydrogens is 238 g/mol. The number of nitrogens with one attached hydrogen (secondary N) is 2. The Labute approximate surface area is 112 Å². The fraction of sp³-hybridized carbons (Fsp3) is 0.200. The standard InChI is InChI=1S/C15H17N3O/c1-2-10-16-13-8-9-14(17-11-13)18-15(19)12-6-4-3-5-7-12/h3-9,11,16H,2,10H2,1H3,(H,17,18,19). The highest BCUT2D eigenvalue weighted by Gasteiger charge is 2.05. The van der Waals surface area contributed by atoms with Gasteiger partial charge in [0.25, 0.3) is 5.91 Å². The van der Waals surface area contributed by atoms with Crippen LogP contribution in [0.5, 0.6) is 0 Å². The third kappa shape index (κ3) is 3.81. The smallest absolute Gasteiger partial charge is 0.256 e. The van der Waals surface area contributed by atoms with Gasteiger partial charge in [0.1, 0.15) is 5.82 Å². The number of carbonyl (C=O) groups is 1. The van der Waals surface area contributed by atoms with Crippen molar-refractivity contribution in [3.8, 4) is 0 Å². The van der Waals surface area contributed by atoms with Gasteiger partial charge in [-0.3, -0.25) is 4.79 Å². The average Bonchev–Trinajstić information content (AvgIpc) is 2.47. The van der Waals surface area contributed by atoms with Crippen molar-refractivity contribution < 1.29 is 4.79 Å². The SMILES string of the molecule is CCCNc1ccc(NC(=O)c2ccccc2)nc1. The Kier molecular flexibility index (Phi) is 4.50. The van der Waals surface area contributed by atoms with Crippen molar-refractivity contribution in [1.29, 1.82) is 0 Å². The zero-order chi connectivity index (χ0) is 13.5. The highest BCUT2D eigenvalue weighted by molar-refractivity contribution is 6.03. The lowest BCUT2D eigenvalue weighted by Gasteiger charge is -2.07. The molecule has 0 aliphatic heterocycles. The first-order chi connectivity index (χ1) is 9.29. The molecule has 0 aliphatic rings. The zero-order valence-electron chi connectivity index (χ0n) is 10.9. The van der Waals surface area contributed by atoms with E-state index in [4.69, 9.17) is 0 Å². The minimum absolute atomic E-state index is 0.151. The van der Waals surface area contributed by atoms with Gasteiger partial charge in [-0.25, -0.2) is 4.98 Å².